The first kappa shape index (κ1) is 49.0. The Kier molecular flexibility index (Phi) is 17.5. The number of phenolic OH excluding ortho intramolecular Hbond substituents is 1. The number of nitrogens with two attached hydrogens (primary N) is 3. The van der Waals surface area contributed by atoms with Gasteiger partial charge in [-0.1, -0.05) is 39.2 Å². The maximum Gasteiger partial charge on any atom is 0.317 e. The molecule has 1 aromatic rings. The van der Waals surface area contributed by atoms with Crippen molar-refractivity contribution in [3.05, 3.63) is 23.8 Å². The van der Waals surface area contributed by atoms with Crippen LogP contribution in [0, 0.1) is 11.8 Å². The second-order valence-corrected chi connectivity index (χ2v) is 17.0. The summed E-state index contributed by atoms with van der Waals surface area (Å²) in [6.07, 6.45) is -0.790. The fourth-order valence-electron chi connectivity index (χ4n) is 6.89. The van der Waals surface area contributed by atoms with E-state index in [9.17, 15) is 67.5 Å². The molecule has 0 unspecified atom stereocenters. The molecule has 6 atom stereocenters. The molecule has 336 valence electrons. The Morgan fingerprint density at radius 1 is 0.787 bits per heavy atom. The number of anilines is 1. The summed E-state index contributed by atoms with van der Waals surface area (Å²) in [5.74, 6) is -17.2. The second-order valence-electron chi connectivity index (χ2n) is 15.5. The number of carbonyl (C=O) groups is 10. The van der Waals surface area contributed by atoms with Crippen molar-refractivity contribution in [3.63, 3.8) is 0 Å². The minimum atomic E-state index is -2.38. The zero-order valence-corrected chi connectivity index (χ0v) is 34.3. The number of aromatic hydroxyl groups is 1. The zero-order valence-electron chi connectivity index (χ0n) is 33.5. The number of carboxylic acids is 2. The van der Waals surface area contributed by atoms with E-state index in [1.165, 1.54) is 18.2 Å². The quantitative estimate of drug-likeness (QED) is 0.0574. The van der Waals surface area contributed by atoms with Crippen molar-refractivity contribution in [2.24, 2.45) is 23.3 Å². The summed E-state index contributed by atoms with van der Waals surface area (Å²) in [5.41, 5.74) is 15.2. The molecule has 0 radical (unpaired) electrons. The number of hydrogen-bond donors (Lipinski definition) is 12. The van der Waals surface area contributed by atoms with Gasteiger partial charge in [-0.25, -0.2) is 0 Å². The third-order valence-electron chi connectivity index (χ3n) is 10.1. The number of hydrogen-bond acceptors (Lipinski definition) is 13. The first-order chi connectivity index (χ1) is 28.5. The molecule has 2 fully saturated rings. The van der Waals surface area contributed by atoms with Crippen LogP contribution in [-0.2, 0) is 65.2 Å². The van der Waals surface area contributed by atoms with Gasteiger partial charge in [-0.15, -0.1) is 0 Å². The summed E-state index contributed by atoms with van der Waals surface area (Å²) in [4.78, 5) is 132. The minimum absolute atomic E-state index is 0.0212. The Morgan fingerprint density at radius 2 is 1.36 bits per heavy atom. The molecular formula is C37H53N9O14S. The summed E-state index contributed by atoms with van der Waals surface area (Å²) in [6, 6.07) is -4.59. The molecule has 1 heterocycles. The molecule has 8 amide bonds. The van der Waals surface area contributed by atoms with Crippen molar-refractivity contribution in [1.82, 2.24) is 31.9 Å². The molecule has 1 aliphatic heterocycles. The molecule has 1 saturated carbocycles. The predicted octanol–water partition coefficient (Wildman–Crippen LogP) is -3.90. The van der Waals surface area contributed by atoms with Crippen molar-refractivity contribution >= 4 is 75.7 Å². The molecule has 1 spiro atoms. The van der Waals surface area contributed by atoms with Gasteiger partial charge in [0.15, 0.2) is 5.92 Å². The fraction of sp³-hybridized carbons (Fsp3) is 0.568. The Balaban J connectivity index is 2.21. The van der Waals surface area contributed by atoms with Crippen LogP contribution in [0.5, 0.6) is 5.75 Å². The summed E-state index contributed by atoms with van der Waals surface area (Å²) < 4.78 is 13.2. The van der Waals surface area contributed by atoms with Gasteiger partial charge < -0.3 is 64.4 Å². The molecule has 23 nitrogen and oxygen atoms in total. The number of benzene rings is 1. The zero-order chi connectivity index (χ0) is 45.8. The lowest BCUT2D eigenvalue weighted by Gasteiger charge is -2.38. The highest BCUT2D eigenvalue weighted by atomic mass is 32.2. The third kappa shape index (κ3) is 14.4. The molecule has 1 saturated heterocycles. The first-order valence-corrected chi connectivity index (χ1v) is 20.8. The van der Waals surface area contributed by atoms with E-state index in [2.05, 4.69) is 31.9 Å². The lowest BCUT2D eigenvalue weighted by atomic mass is 9.80. The summed E-state index contributed by atoms with van der Waals surface area (Å²) in [7, 11) is -2.38. The average Bonchev–Trinajstić information content (AvgIpc) is 3.15. The lowest BCUT2D eigenvalue weighted by Crippen LogP contribution is -2.66. The number of nitrogens with one attached hydrogen (secondary N) is 6. The monoisotopic (exact) mass is 879 g/mol. The molecule has 3 rings (SSSR count). The average molecular weight is 880 g/mol. The van der Waals surface area contributed by atoms with Gasteiger partial charge in [0.25, 0.3) is 0 Å². The van der Waals surface area contributed by atoms with E-state index >= 15 is 0 Å². The molecule has 0 bridgehead atoms. The van der Waals surface area contributed by atoms with Gasteiger partial charge in [0.05, 0.1) is 17.9 Å². The Bertz CT molecular complexity index is 1910. The number of nitrogen functional groups attached to an aromatic ring is 1. The number of aliphatic carboxylic acids is 2. The maximum atomic E-state index is 14.4. The van der Waals surface area contributed by atoms with Crippen LogP contribution >= 0.6 is 0 Å². The molecule has 1 aromatic carbocycles. The first-order valence-electron chi connectivity index (χ1n) is 19.3. The van der Waals surface area contributed by atoms with Crippen LogP contribution in [0.4, 0.5) is 5.69 Å². The highest BCUT2D eigenvalue weighted by Crippen LogP contribution is 2.29. The fourth-order valence-corrected chi connectivity index (χ4v) is 8.00. The van der Waals surface area contributed by atoms with Crippen molar-refractivity contribution in [2.45, 2.75) is 107 Å². The third-order valence-corrected chi connectivity index (χ3v) is 11.3. The topological polar surface area (TPSA) is 399 Å². The summed E-state index contributed by atoms with van der Waals surface area (Å²) in [5, 5.41) is 43.6. The van der Waals surface area contributed by atoms with Gasteiger partial charge in [-0.3, -0.25) is 52.2 Å². The number of carboxylic acid groups (broad SMARTS) is 2. The van der Waals surface area contributed by atoms with Gasteiger partial charge in [0, 0.05) is 23.6 Å². The van der Waals surface area contributed by atoms with Crippen LogP contribution in [0.1, 0.15) is 70.8 Å². The predicted molar refractivity (Wildman–Crippen MR) is 214 cm³/mol. The summed E-state index contributed by atoms with van der Waals surface area (Å²) in [6.45, 7) is 3.36. The number of primary amides is 2. The molecule has 2 aliphatic rings. The van der Waals surface area contributed by atoms with Crippen LogP contribution in [0.15, 0.2) is 18.2 Å². The Morgan fingerprint density at radius 3 is 1.90 bits per heavy atom. The summed E-state index contributed by atoms with van der Waals surface area (Å²) >= 11 is 0. The van der Waals surface area contributed by atoms with Crippen LogP contribution in [-0.4, -0.2) is 126 Å². The highest BCUT2D eigenvalue weighted by Gasteiger charge is 2.44. The van der Waals surface area contributed by atoms with Gasteiger partial charge >= 0.3 is 11.9 Å². The van der Waals surface area contributed by atoms with E-state index in [0.29, 0.717) is 24.8 Å². The lowest BCUT2D eigenvalue weighted by molar-refractivity contribution is -0.155. The number of carbonyl (C=O) groups excluding carboxylic acids is 8. The minimum Gasteiger partial charge on any atom is -0.506 e. The van der Waals surface area contributed by atoms with Gasteiger partial charge in [0.2, 0.25) is 47.3 Å². The van der Waals surface area contributed by atoms with E-state index in [1.54, 1.807) is 13.8 Å². The normalized spacial score (nSPS) is 24.9. The van der Waals surface area contributed by atoms with Crippen molar-refractivity contribution < 1.29 is 67.5 Å². The molecule has 1 aliphatic carbocycles. The van der Waals surface area contributed by atoms with Crippen molar-refractivity contribution in [1.29, 1.82) is 0 Å². The van der Waals surface area contributed by atoms with Crippen LogP contribution in [0.25, 0.3) is 0 Å². The van der Waals surface area contributed by atoms with Crippen molar-refractivity contribution in [2.75, 3.05) is 17.2 Å². The van der Waals surface area contributed by atoms with Crippen LogP contribution < -0.4 is 49.1 Å². The molecule has 0 aromatic heterocycles. The SMILES string of the molecule is CC(C)C[C@@H]1NC(=O)[C@H](CC(C(=O)O)C(=O)O)NC(=O)C[S@@](=O)C[C@H](C(N)=O)NC(=O)[C@H](CC(N)=O)NC(=O)C2(CCCCC2)NC(=O)[C@H](Cc2ccc(O)c(N)c2)NC1=O. The van der Waals surface area contributed by atoms with Gasteiger partial charge in [-0.05, 0) is 42.9 Å². The largest absolute Gasteiger partial charge is 0.506 e. The number of amides is 8. The Hall–Kier alpha value is -6.33. The second kappa shape index (κ2) is 21.8. The standard InChI is InChI=1S/C37H53N9O14S/c1-17(2)10-21-30(51)43-22(12-18-6-7-26(47)20(38)11-18)33(54)46-37(8-4-3-5-9-37)36(59)45-24(14-27(39)48)32(53)44-25(29(40)50)15-61(60)16-28(49)41-23(31(52)42-21)13-19(34(55)56)35(57)58/h6-7,11,17,19,21-25,47H,3-5,8-10,12-16,38H2,1-2H3,(H2,39,48)(H2,40,50)(H,41,49)(H,42,52)(H,43,51)(H,44,53)(H,45,59)(H,46,54)(H,55,56)(H,57,58)/t21-,22-,23-,24-,25+,61-/m0/s1. The van der Waals surface area contributed by atoms with E-state index < -0.39 is 136 Å². The Labute approximate surface area is 351 Å². The van der Waals surface area contributed by atoms with E-state index in [0.717, 1.165) is 0 Å². The molecule has 15 N–H and O–H groups in total. The van der Waals surface area contributed by atoms with Crippen LogP contribution in [0.3, 0.4) is 0 Å². The number of rotatable bonds is 11. The van der Waals surface area contributed by atoms with E-state index in [4.69, 9.17) is 17.2 Å². The smallest absolute Gasteiger partial charge is 0.317 e. The van der Waals surface area contributed by atoms with E-state index in [1.807, 2.05) is 0 Å². The number of phenols is 1. The molecule has 61 heavy (non-hydrogen) atoms. The van der Waals surface area contributed by atoms with Gasteiger partial charge in [0.1, 0.15) is 47.3 Å². The molecular weight excluding hydrogens is 827 g/mol. The molecule has 24 heteroatoms. The van der Waals surface area contributed by atoms with Crippen molar-refractivity contribution in [3.8, 4) is 5.75 Å². The highest BCUT2D eigenvalue weighted by molar-refractivity contribution is 7.85. The maximum absolute atomic E-state index is 14.4. The van der Waals surface area contributed by atoms with E-state index in [-0.39, 0.29) is 43.0 Å². The van der Waals surface area contributed by atoms with Crippen LogP contribution in [0.2, 0.25) is 0 Å². The van der Waals surface area contributed by atoms with Gasteiger partial charge in [-0.2, -0.15) is 0 Å².